The number of carbonyl (C=O) groups is 1. The van der Waals surface area contributed by atoms with Crippen molar-refractivity contribution in [1.82, 2.24) is 0 Å². The first-order valence-electron chi connectivity index (χ1n) is 6.71. The average molecular weight is 358 g/mol. The van der Waals surface area contributed by atoms with Gasteiger partial charge in [0.05, 0.1) is 16.0 Å². The predicted octanol–water partition coefficient (Wildman–Crippen LogP) is 3.47. The molecule has 128 valence electrons. The molecule has 0 unspecified atom stereocenters. The van der Waals surface area contributed by atoms with Crippen molar-refractivity contribution in [2.24, 2.45) is 0 Å². The third-order valence-corrected chi connectivity index (χ3v) is 4.31. The second-order valence-electron chi connectivity index (χ2n) is 5.04. The van der Waals surface area contributed by atoms with Crippen molar-refractivity contribution in [3.05, 3.63) is 65.2 Å². The Morgan fingerprint density at radius 2 is 1.62 bits per heavy atom. The molecule has 2 aromatic carbocycles. The van der Waals surface area contributed by atoms with Crippen LogP contribution >= 0.6 is 0 Å². The van der Waals surface area contributed by atoms with Crippen LogP contribution in [-0.2, 0) is 27.4 Å². The van der Waals surface area contributed by atoms with E-state index in [2.05, 4.69) is 0 Å². The minimum absolute atomic E-state index is 0.119. The molecular weight excluding hydrogens is 345 g/mol. The van der Waals surface area contributed by atoms with Crippen LogP contribution in [-0.4, -0.2) is 20.6 Å². The summed E-state index contributed by atoms with van der Waals surface area (Å²) in [4.78, 5) is 11.9. The number of carbonyl (C=O) groups excluding carboxylic acids is 1. The summed E-state index contributed by atoms with van der Waals surface area (Å²) in [7, 11) is -3.61. The third-order valence-electron chi connectivity index (χ3n) is 3.16. The van der Waals surface area contributed by atoms with Crippen molar-refractivity contribution in [1.29, 1.82) is 0 Å². The van der Waals surface area contributed by atoms with E-state index >= 15 is 0 Å². The molecule has 4 nitrogen and oxygen atoms in total. The molecule has 2 aromatic rings. The molecular formula is C16H13F3O4S. The molecule has 0 saturated heterocycles. The van der Waals surface area contributed by atoms with Gasteiger partial charge in [-0.3, -0.25) is 0 Å². The number of esters is 1. The zero-order chi connectivity index (χ0) is 18.0. The van der Waals surface area contributed by atoms with Gasteiger partial charge in [-0.1, -0.05) is 24.3 Å². The molecule has 0 aliphatic rings. The fraction of sp³-hybridized carbons (Fsp3) is 0.188. The normalized spacial score (nSPS) is 12.0. The van der Waals surface area contributed by atoms with Gasteiger partial charge in [0, 0.05) is 6.26 Å². The number of rotatable bonds is 4. The molecule has 0 N–H and O–H groups in total. The summed E-state index contributed by atoms with van der Waals surface area (Å²) in [5, 5.41) is 0. The maximum atomic E-state index is 12.5. The van der Waals surface area contributed by atoms with Gasteiger partial charge in [-0.15, -0.1) is 0 Å². The van der Waals surface area contributed by atoms with E-state index in [1.165, 1.54) is 36.4 Å². The first-order valence-corrected chi connectivity index (χ1v) is 8.60. The van der Waals surface area contributed by atoms with E-state index in [1.54, 1.807) is 0 Å². The zero-order valence-electron chi connectivity index (χ0n) is 12.5. The number of benzene rings is 2. The Balaban J connectivity index is 2.12. The van der Waals surface area contributed by atoms with E-state index in [-0.39, 0.29) is 17.1 Å². The molecule has 0 heterocycles. The third kappa shape index (κ3) is 4.35. The Kier molecular flexibility index (Phi) is 4.98. The van der Waals surface area contributed by atoms with Crippen LogP contribution in [0.5, 0.6) is 0 Å². The highest BCUT2D eigenvalue weighted by atomic mass is 32.2. The Hall–Kier alpha value is -2.35. The van der Waals surface area contributed by atoms with Crippen molar-refractivity contribution in [3.63, 3.8) is 0 Å². The van der Waals surface area contributed by atoms with Gasteiger partial charge in [0.2, 0.25) is 0 Å². The first kappa shape index (κ1) is 18.0. The second-order valence-corrected chi connectivity index (χ2v) is 7.02. The molecule has 0 radical (unpaired) electrons. The van der Waals surface area contributed by atoms with E-state index in [0.29, 0.717) is 5.56 Å². The van der Waals surface area contributed by atoms with Gasteiger partial charge in [-0.2, -0.15) is 13.2 Å². The molecule has 0 aliphatic carbocycles. The van der Waals surface area contributed by atoms with Crippen molar-refractivity contribution in [2.75, 3.05) is 6.26 Å². The van der Waals surface area contributed by atoms with Crippen LogP contribution in [0.15, 0.2) is 53.4 Å². The van der Waals surface area contributed by atoms with Gasteiger partial charge < -0.3 is 4.74 Å². The Labute approximate surface area is 136 Å². The van der Waals surface area contributed by atoms with Gasteiger partial charge in [-0.25, -0.2) is 13.2 Å². The van der Waals surface area contributed by atoms with Crippen LogP contribution in [0.3, 0.4) is 0 Å². The SMILES string of the molecule is CS(=O)(=O)c1ccccc1C(=O)OCc1ccc(C(F)(F)F)cc1. The topological polar surface area (TPSA) is 60.4 Å². The van der Waals surface area contributed by atoms with Crippen LogP contribution in [0.4, 0.5) is 13.2 Å². The minimum atomic E-state index is -4.44. The van der Waals surface area contributed by atoms with Crippen LogP contribution in [0.2, 0.25) is 0 Å². The zero-order valence-corrected chi connectivity index (χ0v) is 13.3. The second kappa shape index (κ2) is 6.64. The standard InChI is InChI=1S/C16H13F3O4S/c1-24(21,22)14-5-3-2-4-13(14)15(20)23-10-11-6-8-12(9-7-11)16(17,18)19/h2-9H,10H2,1H3. The van der Waals surface area contributed by atoms with Crippen molar-refractivity contribution in [3.8, 4) is 0 Å². The molecule has 0 bridgehead atoms. The lowest BCUT2D eigenvalue weighted by Gasteiger charge is -2.10. The lowest BCUT2D eigenvalue weighted by molar-refractivity contribution is -0.137. The van der Waals surface area contributed by atoms with Gasteiger partial charge in [0.1, 0.15) is 6.61 Å². The molecule has 2 rings (SSSR count). The fourth-order valence-electron chi connectivity index (χ4n) is 1.98. The van der Waals surface area contributed by atoms with Crippen molar-refractivity contribution in [2.45, 2.75) is 17.7 Å². The monoisotopic (exact) mass is 358 g/mol. The molecule has 0 spiro atoms. The molecule has 0 atom stereocenters. The van der Waals surface area contributed by atoms with Crippen LogP contribution in [0.25, 0.3) is 0 Å². The number of alkyl halides is 3. The summed E-state index contributed by atoms with van der Waals surface area (Å²) in [6.07, 6.45) is -3.47. The van der Waals surface area contributed by atoms with E-state index in [1.807, 2.05) is 0 Å². The molecule has 0 fully saturated rings. The summed E-state index contributed by atoms with van der Waals surface area (Å²) >= 11 is 0. The van der Waals surface area contributed by atoms with Gasteiger partial charge in [-0.05, 0) is 29.8 Å². The highest BCUT2D eigenvalue weighted by Gasteiger charge is 2.30. The number of halogens is 3. The number of ether oxygens (including phenoxy) is 1. The van der Waals surface area contributed by atoms with E-state index in [0.717, 1.165) is 18.4 Å². The van der Waals surface area contributed by atoms with E-state index in [9.17, 15) is 26.4 Å². The Morgan fingerprint density at radius 3 is 2.17 bits per heavy atom. The summed E-state index contributed by atoms with van der Waals surface area (Å²) in [5.41, 5.74) is -0.569. The lowest BCUT2D eigenvalue weighted by Crippen LogP contribution is -2.11. The molecule has 0 amide bonds. The molecule has 0 aliphatic heterocycles. The molecule has 0 saturated carbocycles. The summed E-state index contributed by atoms with van der Waals surface area (Å²) < 4.78 is 65.7. The summed E-state index contributed by atoms with van der Waals surface area (Å²) in [6, 6.07) is 9.71. The number of hydrogen-bond donors (Lipinski definition) is 0. The first-order chi connectivity index (χ1) is 11.1. The van der Waals surface area contributed by atoms with Crippen LogP contribution < -0.4 is 0 Å². The highest BCUT2D eigenvalue weighted by molar-refractivity contribution is 7.90. The smallest absolute Gasteiger partial charge is 0.416 e. The van der Waals surface area contributed by atoms with Crippen molar-refractivity contribution < 1.29 is 31.1 Å². The maximum absolute atomic E-state index is 12.5. The highest BCUT2D eigenvalue weighted by Crippen LogP contribution is 2.29. The van der Waals surface area contributed by atoms with Gasteiger partial charge in [0.15, 0.2) is 9.84 Å². The molecule has 24 heavy (non-hydrogen) atoms. The average Bonchev–Trinajstić information content (AvgIpc) is 2.51. The van der Waals surface area contributed by atoms with Crippen LogP contribution in [0, 0.1) is 0 Å². The fourth-order valence-corrected chi connectivity index (χ4v) is 2.85. The maximum Gasteiger partial charge on any atom is 0.416 e. The van der Waals surface area contributed by atoms with Gasteiger partial charge in [0.25, 0.3) is 0 Å². The molecule has 8 heteroatoms. The number of hydrogen-bond acceptors (Lipinski definition) is 4. The Morgan fingerprint density at radius 1 is 1.04 bits per heavy atom. The number of sulfone groups is 1. The van der Waals surface area contributed by atoms with E-state index in [4.69, 9.17) is 4.74 Å². The van der Waals surface area contributed by atoms with Crippen molar-refractivity contribution >= 4 is 15.8 Å². The van der Waals surface area contributed by atoms with E-state index < -0.39 is 27.5 Å². The van der Waals surface area contributed by atoms with Gasteiger partial charge >= 0.3 is 12.1 Å². The van der Waals surface area contributed by atoms with Crippen LogP contribution in [0.1, 0.15) is 21.5 Å². The summed E-state index contributed by atoms with van der Waals surface area (Å²) in [5.74, 6) is -0.865. The Bertz CT molecular complexity index is 840. The molecule has 0 aromatic heterocycles. The minimum Gasteiger partial charge on any atom is -0.457 e. The summed E-state index contributed by atoms with van der Waals surface area (Å²) in [6.45, 7) is -0.269. The largest absolute Gasteiger partial charge is 0.457 e. The lowest BCUT2D eigenvalue weighted by atomic mass is 10.1. The predicted molar refractivity (Wildman–Crippen MR) is 80.1 cm³/mol. The quantitative estimate of drug-likeness (QED) is 0.786.